The van der Waals surface area contributed by atoms with Gasteiger partial charge in [0.2, 0.25) is 11.8 Å². The minimum absolute atomic E-state index is 0.0589. The maximum atomic E-state index is 13.0. The van der Waals surface area contributed by atoms with Crippen LogP contribution in [0.3, 0.4) is 0 Å². The summed E-state index contributed by atoms with van der Waals surface area (Å²) in [7, 11) is 3.29. The van der Waals surface area contributed by atoms with Crippen LogP contribution in [-0.4, -0.2) is 74.6 Å². The second-order valence-corrected chi connectivity index (χ2v) is 7.92. The van der Waals surface area contributed by atoms with Crippen molar-refractivity contribution in [2.75, 3.05) is 51.8 Å². The van der Waals surface area contributed by atoms with Crippen LogP contribution in [0.2, 0.25) is 0 Å². The van der Waals surface area contributed by atoms with Gasteiger partial charge < -0.3 is 14.4 Å². The van der Waals surface area contributed by atoms with Gasteiger partial charge in [-0.3, -0.25) is 19.4 Å². The summed E-state index contributed by atoms with van der Waals surface area (Å²) >= 11 is 0. The van der Waals surface area contributed by atoms with Crippen molar-refractivity contribution in [3.63, 3.8) is 0 Å². The Bertz CT molecular complexity index is 905. The molecule has 2 aliphatic heterocycles. The molecule has 2 aromatic rings. The fourth-order valence-corrected chi connectivity index (χ4v) is 4.30. The molecule has 7 nitrogen and oxygen atoms in total. The third kappa shape index (κ3) is 4.66. The van der Waals surface area contributed by atoms with Crippen LogP contribution in [-0.2, 0) is 16.0 Å². The van der Waals surface area contributed by atoms with Gasteiger partial charge in [-0.2, -0.15) is 0 Å². The van der Waals surface area contributed by atoms with Gasteiger partial charge in [-0.05, 0) is 48.4 Å². The van der Waals surface area contributed by atoms with E-state index in [4.69, 9.17) is 9.47 Å². The number of imide groups is 1. The number of methoxy groups -OCH3 is 2. The Morgan fingerprint density at radius 1 is 0.839 bits per heavy atom. The van der Waals surface area contributed by atoms with E-state index >= 15 is 0 Å². The first kappa shape index (κ1) is 21.2. The molecule has 0 unspecified atom stereocenters. The zero-order valence-corrected chi connectivity index (χ0v) is 18.1. The van der Waals surface area contributed by atoms with Crippen molar-refractivity contribution in [3.8, 4) is 11.5 Å². The maximum absolute atomic E-state index is 13.0. The molecule has 0 radical (unpaired) electrons. The Labute approximate surface area is 183 Å². The van der Waals surface area contributed by atoms with Crippen LogP contribution in [0.5, 0.6) is 11.5 Å². The molecule has 0 saturated carbocycles. The third-order valence-corrected chi connectivity index (χ3v) is 6.20. The highest BCUT2D eigenvalue weighted by atomic mass is 16.5. The quantitative estimate of drug-likeness (QED) is 0.637. The van der Waals surface area contributed by atoms with Gasteiger partial charge >= 0.3 is 0 Å². The highest BCUT2D eigenvalue weighted by Crippen LogP contribution is 2.24. The van der Waals surface area contributed by atoms with E-state index in [1.165, 1.54) is 4.90 Å². The van der Waals surface area contributed by atoms with Crippen molar-refractivity contribution in [3.05, 3.63) is 54.1 Å². The van der Waals surface area contributed by atoms with Crippen molar-refractivity contribution in [2.45, 2.75) is 18.9 Å². The number of nitrogens with zero attached hydrogens (tertiary/aromatic N) is 3. The summed E-state index contributed by atoms with van der Waals surface area (Å²) in [6, 6.07) is 15.4. The number of hydrogen-bond donors (Lipinski definition) is 0. The maximum Gasteiger partial charge on any atom is 0.247 e. The lowest BCUT2D eigenvalue weighted by Crippen LogP contribution is -2.52. The molecule has 0 N–H and O–H groups in total. The predicted octanol–water partition coefficient (Wildman–Crippen LogP) is 2.20. The van der Waals surface area contributed by atoms with Crippen LogP contribution >= 0.6 is 0 Å². The molecule has 0 spiro atoms. The molecule has 7 heteroatoms. The van der Waals surface area contributed by atoms with E-state index in [1.807, 2.05) is 36.4 Å². The van der Waals surface area contributed by atoms with E-state index in [-0.39, 0.29) is 24.3 Å². The Balaban J connectivity index is 1.31. The number of carbonyl (C=O) groups excluding carboxylic acids is 2. The average Bonchev–Trinajstić information content (AvgIpc) is 3.11. The molecular weight excluding hydrogens is 394 g/mol. The second-order valence-electron chi connectivity index (χ2n) is 7.92. The van der Waals surface area contributed by atoms with Gasteiger partial charge in [0.05, 0.1) is 26.7 Å². The molecule has 2 aliphatic rings. The first-order valence-corrected chi connectivity index (χ1v) is 10.7. The summed E-state index contributed by atoms with van der Waals surface area (Å²) in [5.41, 5.74) is 2.23. The van der Waals surface area contributed by atoms with Crippen molar-refractivity contribution < 1.29 is 19.1 Å². The van der Waals surface area contributed by atoms with Gasteiger partial charge in [-0.15, -0.1) is 0 Å². The molecule has 1 atom stereocenters. The van der Waals surface area contributed by atoms with Crippen LogP contribution in [0.15, 0.2) is 48.5 Å². The van der Waals surface area contributed by atoms with E-state index in [0.29, 0.717) is 13.0 Å². The summed E-state index contributed by atoms with van der Waals surface area (Å²) in [6.07, 6.45) is 0.934. The Hall–Kier alpha value is -3.06. The van der Waals surface area contributed by atoms with Crippen molar-refractivity contribution >= 4 is 17.5 Å². The molecular formula is C24H29N3O4. The first-order valence-electron chi connectivity index (χ1n) is 10.7. The number of ether oxygens (including phenoxy) is 2. The van der Waals surface area contributed by atoms with Gasteiger partial charge in [0.15, 0.2) is 0 Å². The minimum Gasteiger partial charge on any atom is -0.497 e. The summed E-state index contributed by atoms with van der Waals surface area (Å²) in [5, 5.41) is 0. The van der Waals surface area contributed by atoms with Gasteiger partial charge in [-0.25, -0.2) is 0 Å². The van der Waals surface area contributed by atoms with Crippen LogP contribution in [0.1, 0.15) is 12.0 Å². The average molecular weight is 424 g/mol. The van der Waals surface area contributed by atoms with Crippen LogP contribution < -0.4 is 14.4 Å². The lowest BCUT2D eigenvalue weighted by Gasteiger charge is -2.38. The minimum atomic E-state index is -0.332. The van der Waals surface area contributed by atoms with Gasteiger partial charge in [0.1, 0.15) is 11.5 Å². The monoisotopic (exact) mass is 423 g/mol. The van der Waals surface area contributed by atoms with Gasteiger partial charge in [0, 0.05) is 38.4 Å². The molecule has 0 aliphatic carbocycles. The highest BCUT2D eigenvalue weighted by Gasteiger charge is 2.42. The Morgan fingerprint density at radius 2 is 1.42 bits per heavy atom. The summed E-state index contributed by atoms with van der Waals surface area (Å²) in [6.45, 7) is 3.61. The molecule has 2 heterocycles. The fraction of sp³-hybridized carbons (Fsp3) is 0.417. The normalized spacial score (nSPS) is 19.7. The van der Waals surface area contributed by atoms with Crippen molar-refractivity contribution in [2.24, 2.45) is 0 Å². The third-order valence-electron chi connectivity index (χ3n) is 6.20. The summed E-state index contributed by atoms with van der Waals surface area (Å²) in [5.74, 6) is 1.51. The lowest BCUT2D eigenvalue weighted by atomic mass is 10.1. The lowest BCUT2D eigenvalue weighted by molar-refractivity contribution is -0.139. The Morgan fingerprint density at radius 3 is 2.00 bits per heavy atom. The SMILES string of the molecule is COc1ccc(CCN2C(=O)C[C@H](N3CCN(c4ccc(OC)cc4)CC3)C2=O)cc1. The summed E-state index contributed by atoms with van der Waals surface area (Å²) < 4.78 is 10.4. The first-order chi connectivity index (χ1) is 15.1. The molecule has 2 amide bonds. The van der Waals surface area contributed by atoms with Gasteiger partial charge in [-0.1, -0.05) is 12.1 Å². The second kappa shape index (κ2) is 9.39. The predicted molar refractivity (Wildman–Crippen MR) is 119 cm³/mol. The highest BCUT2D eigenvalue weighted by molar-refractivity contribution is 6.05. The molecule has 31 heavy (non-hydrogen) atoms. The number of carbonyl (C=O) groups is 2. The molecule has 2 fully saturated rings. The number of anilines is 1. The number of piperazine rings is 1. The molecule has 4 rings (SSSR count). The summed E-state index contributed by atoms with van der Waals surface area (Å²) in [4.78, 5) is 31.4. The van der Waals surface area contributed by atoms with Crippen molar-refractivity contribution in [1.82, 2.24) is 9.80 Å². The molecule has 0 aromatic heterocycles. The van der Waals surface area contributed by atoms with Crippen LogP contribution in [0.25, 0.3) is 0 Å². The standard InChI is InChI=1S/C24H29N3O4/c1-30-20-7-3-18(4-8-20)11-12-27-23(28)17-22(24(27)29)26-15-13-25(14-16-26)19-5-9-21(31-2)10-6-19/h3-10,22H,11-17H2,1-2H3/t22-/m0/s1. The van der Waals surface area contributed by atoms with Gasteiger partial charge in [0.25, 0.3) is 0 Å². The Kier molecular flexibility index (Phi) is 6.42. The fourth-order valence-electron chi connectivity index (χ4n) is 4.30. The molecule has 2 saturated heterocycles. The van der Waals surface area contributed by atoms with E-state index in [9.17, 15) is 9.59 Å². The number of likely N-dealkylation sites (tertiary alicyclic amines) is 1. The smallest absolute Gasteiger partial charge is 0.247 e. The molecule has 0 bridgehead atoms. The van der Waals surface area contributed by atoms with E-state index in [1.54, 1.807) is 14.2 Å². The zero-order valence-electron chi connectivity index (χ0n) is 18.1. The van der Waals surface area contributed by atoms with E-state index in [2.05, 4.69) is 21.9 Å². The number of amides is 2. The number of rotatable bonds is 7. The topological polar surface area (TPSA) is 62.3 Å². The van der Waals surface area contributed by atoms with Crippen LogP contribution in [0.4, 0.5) is 5.69 Å². The largest absolute Gasteiger partial charge is 0.497 e. The molecule has 164 valence electrons. The van der Waals surface area contributed by atoms with E-state index in [0.717, 1.165) is 48.9 Å². The van der Waals surface area contributed by atoms with Crippen molar-refractivity contribution in [1.29, 1.82) is 0 Å². The van der Waals surface area contributed by atoms with Crippen LogP contribution in [0, 0.1) is 0 Å². The molecule has 2 aromatic carbocycles. The zero-order chi connectivity index (χ0) is 21.8. The number of hydrogen-bond acceptors (Lipinski definition) is 6. The number of benzene rings is 2. The van der Waals surface area contributed by atoms with E-state index < -0.39 is 0 Å².